The smallest absolute Gasteiger partial charge is 0.344 e. The van der Waals surface area contributed by atoms with Crippen molar-refractivity contribution in [3.05, 3.63) is 27.1 Å². The average molecular weight is 366 g/mol. The van der Waals surface area contributed by atoms with Gasteiger partial charge in [0.15, 0.2) is 6.10 Å². The van der Waals surface area contributed by atoms with Crippen LogP contribution in [-0.2, 0) is 4.79 Å². The van der Waals surface area contributed by atoms with Crippen molar-refractivity contribution in [2.45, 2.75) is 32.3 Å². The molecule has 0 saturated carbocycles. The predicted molar refractivity (Wildman–Crippen MR) is 73.4 cm³/mol. The van der Waals surface area contributed by atoms with Gasteiger partial charge in [0.25, 0.3) is 0 Å². The summed E-state index contributed by atoms with van der Waals surface area (Å²) in [5.41, 5.74) is 0. The predicted octanol–water partition coefficient (Wildman–Crippen LogP) is 4.23. The zero-order chi connectivity index (χ0) is 12.8. The van der Waals surface area contributed by atoms with E-state index in [-0.39, 0.29) is 0 Å². The van der Waals surface area contributed by atoms with Gasteiger partial charge >= 0.3 is 5.97 Å². The number of carbonyl (C=O) groups is 1. The molecule has 0 aliphatic heterocycles. The van der Waals surface area contributed by atoms with Crippen LogP contribution in [0.3, 0.4) is 0 Å². The van der Waals surface area contributed by atoms with Crippen molar-refractivity contribution in [2.75, 3.05) is 0 Å². The Morgan fingerprint density at radius 1 is 1.47 bits per heavy atom. The van der Waals surface area contributed by atoms with Gasteiger partial charge in [0.2, 0.25) is 0 Å². The van der Waals surface area contributed by atoms with Crippen molar-refractivity contribution in [1.82, 2.24) is 0 Å². The zero-order valence-electron chi connectivity index (χ0n) is 9.45. The number of halogens is 2. The second kappa shape index (κ2) is 7.01. The molecule has 0 fully saturated rings. The minimum absolute atomic E-state index is 0.522. The summed E-state index contributed by atoms with van der Waals surface area (Å²) in [7, 11) is 0. The molecule has 0 aliphatic rings. The molecule has 0 aliphatic carbocycles. The van der Waals surface area contributed by atoms with Crippen molar-refractivity contribution in [3.8, 4) is 5.75 Å². The van der Waals surface area contributed by atoms with Gasteiger partial charge in [0.1, 0.15) is 5.75 Å². The highest BCUT2D eigenvalue weighted by molar-refractivity contribution is 9.11. The lowest BCUT2D eigenvalue weighted by molar-refractivity contribution is -0.145. The fourth-order valence-electron chi connectivity index (χ4n) is 1.35. The van der Waals surface area contributed by atoms with Crippen molar-refractivity contribution in [2.24, 2.45) is 0 Å². The molecule has 1 aromatic rings. The molecule has 94 valence electrons. The monoisotopic (exact) mass is 364 g/mol. The van der Waals surface area contributed by atoms with Crippen LogP contribution in [0.25, 0.3) is 0 Å². The largest absolute Gasteiger partial charge is 0.479 e. The quantitative estimate of drug-likeness (QED) is 0.820. The van der Waals surface area contributed by atoms with Gasteiger partial charge < -0.3 is 9.84 Å². The van der Waals surface area contributed by atoms with E-state index in [2.05, 4.69) is 31.9 Å². The fourth-order valence-corrected chi connectivity index (χ4v) is 2.49. The number of rotatable bonds is 6. The highest BCUT2D eigenvalue weighted by Crippen LogP contribution is 2.29. The van der Waals surface area contributed by atoms with E-state index < -0.39 is 12.1 Å². The van der Waals surface area contributed by atoms with Crippen LogP contribution < -0.4 is 4.74 Å². The standard InChI is InChI=1S/C12H14Br2O3/c1-2-3-4-11(12(15)16)17-10-6-5-8(13)7-9(10)14/h5-7,11H,2-4H2,1H3,(H,15,16). The van der Waals surface area contributed by atoms with Crippen LogP contribution in [0, 0.1) is 0 Å². The van der Waals surface area contributed by atoms with E-state index in [1.54, 1.807) is 6.07 Å². The van der Waals surface area contributed by atoms with E-state index in [0.717, 1.165) is 21.8 Å². The van der Waals surface area contributed by atoms with Gasteiger partial charge in [-0.1, -0.05) is 29.3 Å². The second-order valence-corrected chi connectivity index (χ2v) is 5.43. The minimum atomic E-state index is -0.923. The Kier molecular flexibility index (Phi) is 5.98. The van der Waals surface area contributed by atoms with E-state index in [9.17, 15) is 4.79 Å². The molecule has 0 aromatic heterocycles. The number of hydrogen-bond donors (Lipinski definition) is 1. The van der Waals surface area contributed by atoms with Gasteiger partial charge in [-0.15, -0.1) is 0 Å². The first-order chi connectivity index (χ1) is 8.04. The number of benzene rings is 1. The van der Waals surface area contributed by atoms with Gasteiger partial charge in [-0.05, 0) is 47.0 Å². The lowest BCUT2D eigenvalue weighted by Gasteiger charge is -2.15. The molecule has 1 atom stereocenters. The maximum atomic E-state index is 11.0. The fraction of sp³-hybridized carbons (Fsp3) is 0.417. The summed E-state index contributed by atoms with van der Waals surface area (Å²) < 4.78 is 7.16. The first-order valence-electron chi connectivity index (χ1n) is 5.39. The van der Waals surface area contributed by atoms with E-state index in [1.807, 2.05) is 19.1 Å². The van der Waals surface area contributed by atoms with Crippen LogP contribution >= 0.6 is 31.9 Å². The highest BCUT2D eigenvalue weighted by atomic mass is 79.9. The first-order valence-corrected chi connectivity index (χ1v) is 6.97. The van der Waals surface area contributed by atoms with Crippen molar-refractivity contribution in [3.63, 3.8) is 0 Å². The Morgan fingerprint density at radius 3 is 2.71 bits per heavy atom. The summed E-state index contributed by atoms with van der Waals surface area (Å²) in [5, 5.41) is 9.06. The van der Waals surface area contributed by atoms with Crippen LogP contribution in [0.5, 0.6) is 5.75 Å². The summed E-state index contributed by atoms with van der Waals surface area (Å²) in [6.07, 6.45) is 1.53. The first kappa shape index (κ1) is 14.5. The maximum Gasteiger partial charge on any atom is 0.344 e. The Labute approximate surface area is 117 Å². The lowest BCUT2D eigenvalue weighted by Crippen LogP contribution is -2.27. The van der Waals surface area contributed by atoms with E-state index >= 15 is 0 Å². The van der Waals surface area contributed by atoms with Gasteiger partial charge in [-0.3, -0.25) is 0 Å². The van der Waals surface area contributed by atoms with Crippen LogP contribution in [0.1, 0.15) is 26.2 Å². The summed E-state index contributed by atoms with van der Waals surface area (Å²) in [6, 6.07) is 5.39. The molecule has 0 amide bonds. The van der Waals surface area contributed by atoms with E-state index in [0.29, 0.717) is 12.2 Å². The molecule has 0 bridgehead atoms. The molecule has 0 saturated heterocycles. The summed E-state index contributed by atoms with van der Waals surface area (Å²) in [5.74, 6) is -0.370. The molecule has 3 nitrogen and oxygen atoms in total. The summed E-state index contributed by atoms with van der Waals surface area (Å²) in [6.45, 7) is 2.02. The molecular formula is C12H14Br2O3. The minimum Gasteiger partial charge on any atom is -0.479 e. The highest BCUT2D eigenvalue weighted by Gasteiger charge is 2.19. The third kappa shape index (κ3) is 4.68. The number of carboxylic acids is 1. The normalized spacial score (nSPS) is 12.2. The number of unbranched alkanes of at least 4 members (excludes halogenated alkanes) is 1. The van der Waals surface area contributed by atoms with Crippen LogP contribution in [0.2, 0.25) is 0 Å². The van der Waals surface area contributed by atoms with Crippen LogP contribution in [0.15, 0.2) is 27.1 Å². The molecule has 1 N–H and O–H groups in total. The van der Waals surface area contributed by atoms with Crippen LogP contribution in [-0.4, -0.2) is 17.2 Å². The Morgan fingerprint density at radius 2 is 2.18 bits per heavy atom. The van der Waals surface area contributed by atoms with Gasteiger partial charge in [0.05, 0.1) is 4.47 Å². The van der Waals surface area contributed by atoms with Crippen molar-refractivity contribution in [1.29, 1.82) is 0 Å². The van der Waals surface area contributed by atoms with Crippen LogP contribution in [0.4, 0.5) is 0 Å². The molecule has 1 unspecified atom stereocenters. The average Bonchev–Trinajstić information content (AvgIpc) is 2.26. The number of hydrogen-bond acceptors (Lipinski definition) is 2. The van der Waals surface area contributed by atoms with Gasteiger partial charge in [-0.25, -0.2) is 4.79 Å². The SMILES string of the molecule is CCCCC(Oc1ccc(Br)cc1Br)C(=O)O. The second-order valence-electron chi connectivity index (χ2n) is 3.66. The maximum absolute atomic E-state index is 11.0. The third-order valence-corrected chi connectivity index (χ3v) is 3.37. The van der Waals surface area contributed by atoms with Crippen molar-refractivity contribution >= 4 is 37.8 Å². The summed E-state index contributed by atoms with van der Waals surface area (Å²) in [4.78, 5) is 11.0. The molecule has 1 aromatic carbocycles. The molecule has 5 heteroatoms. The van der Waals surface area contributed by atoms with Gasteiger partial charge in [-0.2, -0.15) is 0 Å². The Hall–Kier alpha value is -0.550. The molecule has 17 heavy (non-hydrogen) atoms. The zero-order valence-corrected chi connectivity index (χ0v) is 12.6. The number of ether oxygens (including phenoxy) is 1. The van der Waals surface area contributed by atoms with E-state index in [4.69, 9.17) is 9.84 Å². The Balaban J connectivity index is 2.75. The number of carboxylic acid groups (broad SMARTS) is 1. The Bertz CT molecular complexity index is 393. The molecular weight excluding hydrogens is 352 g/mol. The molecule has 0 radical (unpaired) electrons. The number of aliphatic carboxylic acids is 1. The van der Waals surface area contributed by atoms with E-state index in [1.165, 1.54) is 0 Å². The van der Waals surface area contributed by atoms with Crippen molar-refractivity contribution < 1.29 is 14.6 Å². The molecule has 1 rings (SSSR count). The lowest BCUT2D eigenvalue weighted by atomic mass is 10.1. The molecule has 0 spiro atoms. The molecule has 0 heterocycles. The topological polar surface area (TPSA) is 46.5 Å². The summed E-state index contributed by atoms with van der Waals surface area (Å²) >= 11 is 6.68. The third-order valence-electron chi connectivity index (χ3n) is 2.26. The van der Waals surface area contributed by atoms with Gasteiger partial charge in [0, 0.05) is 4.47 Å².